The number of esters is 1. The van der Waals surface area contributed by atoms with Crippen LogP contribution >= 0.6 is 0 Å². The molecule has 3 fully saturated rings. The van der Waals surface area contributed by atoms with Crippen molar-refractivity contribution in [3.8, 4) is 0 Å². The number of cyclic esters (lactones) is 1. The van der Waals surface area contributed by atoms with E-state index >= 15 is 0 Å². The van der Waals surface area contributed by atoms with Crippen molar-refractivity contribution in [1.82, 2.24) is 4.90 Å². The van der Waals surface area contributed by atoms with E-state index in [1.54, 1.807) is 55.4 Å². The van der Waals surface area contributed by atoms with Gasteiger partial charge >= 0.3 is 5.97 Å². The molecular formula is C37H68N2O13. The van der Waals surface area contributed by atoms with Crippen molar-refractivity contribution >= 4 is 11.7 Å². The second-order valence-corrected chi connectivity index (χ2v) is 16.6. The number of aliphatic hydroxyl groups is 5. The molecule has 6 N–H and O–H groups in total. The number of hydrogen-bond acceptors (Lipinski definition) is 15. The summed E-state index contributed by atoms with van der Waals surface area (Å²) in [5.41, 5.74) is -4.68. The van der Waals surface area contributed by atoms with Gasteiger partial charge < -0.3 is 64.1 Å². The van der Waals surface area contributed by atoms with Gasteiger partial charge in [-0.25, -0.2) is 0 Å². The van der Waals surface area contributed by atoms with Gasteiger partial charge in [-0.2, -0.15) is 0 Å². The van der Waals surface area contributed by atoms with Gasteiger partial charge in [-0.1, -0.05) is 32.9 Å². The summed E-state index contributed by atoms with van der Waals surface area (Å²) in [5.74, 6) is -4.24. The molecule has 0 saturated carbocycles. The van der Waals surface area contributed by atoms with Crippen LogP contribution in [-0.2, 0) is 33.2 Å². The van der Waals surface area contributed by atoms with Crippen molar-refractivity contribution in [3.63, 3.8) is 0 Å². The van der Waals surface area contributed by atoms with E-state index in [1.807, 2.05) is 25.9 Å². The Morgan fingerprint density at radius 1 is 0.923 bits per heavy atom. The zero-order valence-corrected chi connectivity index (χ0v) is 33.4. The third kappa shape index (κ3) is 9.47. The number of nitrogens with zero attached hydrogens (tertiary/aromatic N) is 2. The lowest BCUT2D eigenvalue weighted by Crippen LogP contribution is -2.61. The standard InChI is InChI=1S/C37H68N2O13/c1-14-25-37(10,45)30(41)20(4)27(38-46)18(2)16-35(8,44)32(52-34-28(40)24(39(11)12)15-19(3)48-34)21(5)29(22(6)33(43)50-25)51-26-17-36(9,47-13)31(42)23(7)49-26/h18-26,28-32,34,40-42,44-46H,14-17H2,1-13H3/b38-27+/t18-,19+,20-,21-,22+,23-,24-,25+,26-,28+,29-,30+,31-,32+,34-,35+,36+,37+/m0/s1. The summed E-state index contributed by atoms with van der Waals surface area (Å²) in [6, 6.07) is -0.322. The van der Waals surface area contributed by atoms with Gasteiger partial charge in [-0.3, -0.25) is 4.79 Å². The molecule has 0 unspecified atom stereocenters. The van der Waals surface area contributed by atoms with Crippen molar-refractivity contribution in [3.05, 3.63) is 0 Å². The molecule has 0 aromatic heterocycles. The van der Waals surface area contributed by atoms with Crippen molar-refractivity contribution in [1.29, 1.82) is 0 Å². The predicted octanol–water partition coefficient (Wildman–Crippen LogP) is 2.05. The molecule has 0 amide bonds. The first kappa shape index (κ1) is 44.9. The Morgan fingerprint density at radius 2 is 1.54 bits per heavy atom. The van der Waals surface area contributed by atoms with Gasteiger partial charge in [0.05, 0.1) is 53.4 Å². The van der Waals surface area contributed by atoms with E-state index in [0.717, 1.165) is 0 Å². The molecule has 15 heteroatoms. The fraction of sp³-hybridized carbons (Fsp3) is 0.946. The number of likely N-dealkylation sites (N-methyl/N-ethyl adjacent to an activating group) is 1. The van der Waals surface area contributed by atoms with Crippen molar-refractivity contribution in [2.75, 3.05) is 21.2 Å². The number of oxime groups is 1. The number of aliphatic hydroxyl groups excluding tert-OH is 3. The SMILES string of the molecule is CC[C@H]1OC(=O)[C@H](C)[C@@H](O[C@H]2C[C@@](C)(OC)[C@@H](O)[C@H](C)O2)[C@H](C)[C@@H](O[C@@H]2O[C@H](C)C[C@H](N(C)C)[C@H]2O)[C@](C)(O)C[C@H](C)/C(=N\O)[C@H](C)[C@@H](O)[C@]1(C)O. The molecule has 0 aromatic rings. The van der Waals surface area contributed by atoms with Gasteiger partial charge in [-0.15, -0.1) is 0 Å². The molecule has 0 spiro atoms. The zero-order chi connectivity index (χ0) is 39.7. The number of carbonyl (C=O) groups excluding carboxylic acids is 1. The molecular weight excluding hydrogens is 680 g/mol. The predicted molar refractivity (Wildman–Crippen MR) is 190 cm³/mol. The minimum Gasteiger partial charge on any atom is -0.459 e. The highest BCUT2D eigenvalue weighted by atomic mass is 16.7. The zero-order valence-electron chi connectivity index (χ0n) is 33.4. The number of rotatable bonds is 7. The Hall–Kier alpha value is -1.50. The highest BCUT2D eigenvalue weighted by Crippen LogP contribution is 2.41. The first-order valence-electron chi connectivity index (χ1n) is 18.7. The molecule has 304 valence electrons. The summed E-state index contributed by atoms with van der Waals surface area (Å²) in [6.45, 7) is 16.6. The third-order valence-electron chi connectivity index (χ3n) is 12.0. The third-order valence-corrected chi connectivity index (χ3v) is 12.0. The lowest BCUT2D eigenvalue weighted by atomic mass is 9.73. The highest BCUT2D eigenvalue weighted by molar-refractivity contribution is 5.88. The summed E-state index contributed by atoms with van der Waals surface area (Å²) in [4.78, 5) is 16.0. The molecule has 3 rings (SSSR count). The number of ether oxygens (including phenoxy) is 6. The smallest absolute Gasteiger partial charge is 0.311 e. The molecule has 3 saturated heterocycles. The summed E-state index contributed by atoms with van der Waals surface area (Å²) in [6.07, 6.45) is -9.51. The normalized spacial score (nSPS) is 49.8. The van der Waals surface area contributed by atoms with Crippen LogP contribution in [0.25, 0.3) is 0 Å². The topological polar surface area (TPSA) is 209 Å². The maximum Gasteiger partial charge on any atom is 0.311 e. The Balaban J connectivity index is 2.21. The maximum absolute atomic E-state index is 14.1. The molecule has 52 heavy (non-hydrogen) atoms. The lowest BCUT2D eigenvalue weighted by Gasteiger charge is -2.49. The maximum atomic E-state index is 14.1. The Morgan fingerprint density at radius 3 is 2.08 bits per heavy atom. The second kappa shape index (κ2) is 17.5. The van der Waals surface area contributed by atoms with E-state index < -0.39 is 102 Å². The monoisotopic (exact) mass is 748 g/mol. The van der Waals surface area contributed by atoms with Gasteiger partial charge in [0.15, 0.2) is 12.6 Å². The first-order valence-corrected chi connectivity index (χ1v) is 18.7. The van der Waals surface area contributed by atoms with Gasteiger partial charge in [0.2, 0.25) is 0 Å². The molecule has 18 atom stereocenters. The minimum atomic E-state index is -1.97. The van der Waals surface area contributed by atoms with E-state index in [0.29, 0.717) is 6.42 Å². The molecule has 0 aromatic carbocycles. The van der Waals surface area contributed by atoms with Crippen LogP contribution in [0.5, 0.6) is 0 Å². The molecule has 3 heterocycles. The molecule has 0 aliphatic carbocycles. The average Bonchev–Trinajstić information content (AvgIpc) is 3.06. The van der Waals surface area contributed by atoms with Crippen LogP contribution in [0, 0.1) is 23.7 Å². The number of methoxy groups -OCH3 is 1. The van der Waals surface area contributed by atoms with Crippen LogP contribution in [0.4, 0.5) is 0 Å². The van der Waals surface area contributed by atoms with Crippen molar-refractivity contribution in [2.24, 2.45) is 28.8 Å². The largest absolute Gasteiger partial charge is 0.459 e. The summed E-state index contributed by atoms with van der Waals surface area (Å²) in [5, 5.41) is 71.8. The van der Waals surface area contributed by atoms with Crippen LogP contribution < -0.4 is 0 Å². The molecule has 15 nitrogen and oxygen atoms in total. The van der Waals surface area contributed by atoms with Crippen molar-refractivity contribution in [2.45, 2.75) is 179 Å². The van der Waals surface area contributed by atoms with Crippen LogP contribution in [0.15, 0.2) is 5.16 Å². The first-order chi connectivity index (χ1) is 24.0. The van der Waals surface area contributed by atoms with Gasteiger partial charge in [0.25, 0.3) is 0 Å². The number of hydrogen-bond donors (Lipinski definition) is 6. The highest BCUT2D eigenvalue weighted by Gasteiger charge is 2.53. The fourth-order valence-corrected chi connectivity index (χ4v) is 8.61. The van der Waals surface area contributed by atoms with E-state index in [2.05, 4.69) is 5.16 Å². The summed E-state index contributed by atoms with van der Waals surface area (Å²) in [7, 11) is 5.19. The number of carbonyl (C=O) groups is 1. The van der Waals surface area contributed by atoms with Crippen molar-refractivity contribution < 1.29 is 64.0 Å². The molecule has 0 bridgehead atoms. The quantitative estimate of drug-likeness (QED) is 0.125. The van der Waals surface area contributed by atoms with E-state index in [9.17, 15) is 35.5 Å². The van der Waals surface area contributed by atoms with Gasteiger partial charge in [-0.05, 0) is 74.9 Å². The molecule has 3 aliphatic heterocycles. The minimum absolute atomic E-state index is 0.0657. The molecule has 0 radical (unpaired) electrons. The van der Waals surface area contributed by atoms with E-state index in [4.69, 9.17) is 28.4 Å². The Kier molecular flexibility index (Phi) is 15.1. The second-order valence-electron chi connectivity index (χ2n) is 16.6. The van der Waals surface area contributed by atoms with Gasteiger partial charge in [0, 0.05) is 37.3 Å². The van der Waals surface area contributed by atoms with E-state index in [-0.39, 0.29) is 37.1 Å². The van der Waals surface area contributed by atoms with Crippen LogP contribution in [0.2, 0.25) is 0 Å². The Bertz CT molecular complexity index is 1200. The average molecular weight is 749 g/mol. The Labute approximate surface area is 309 Å². The van der Waals surface area contributed by atoms with Crippen LogP contribution in [0.3, 0.4) is 0 Å². The fourth-order valence-electron chi connectivity index (χ4n) is 8.61. The van der Waals surface area contributed by atoms with Gasteiger partial charge in [0.1, 0.15) is 23.9 Å². The van der Waals surface area contributed by atoms with Crippen LogP contribution in [-0.4, -0.2) is 153 Å². The lowest BCUT2D eigenvalue weighted by molar-refractivity contribution is -0.317. The van der Waals surface area contributed by atoms with Crippen LogP contribution in [0.1, 0.15) is 94.9 Å². The summed E-state index contributed by atoms with van der Waals surface area (Å²) >= 11 is 0. The molecule has 3 aliphatic rings. The summed E-state index contributed by atoms with van der Waals surface area (Å²) < 4.78 is 37.2. The van der Waals surface area contributed by atoms with E-state index in [1.165, 1.54) is 14.0 Å².